The van der Waals surface area contributed by atoms with Crippen molar-refractivity contribution in [2.24, 2.45) is 0 Å². The first kappa shape index (κ1) is 15.0. The van der Waals surface area contributed by atoms with Gasteiger partial charge in [-0.15, -0.1) is 0 Å². The van der Waals surface area contributed by atoms with E-state index in [4.69, 9.17) is 4.74 Å². The lowest BCUT2D eigenvalue weighted by Crippen LogP contribution is -2.19. The first-order valence-corrected chi connectivity index (χ1v) is 7.13. The molecule has 0 aliphatic heterocycles. The maximum atomic E-state index is 13.6. The number of halogens is 2. The highest BCUT2D eigenvalue weighted by atomic mass is 79.9. The summed E-state index contributed by atoms with van der Waals surface area (Å²) < 4.78 is 20.0. The number of benzene rings is 2. The molecule has 2 aromatic rings. The van der Waals surface area contributed by atoms with E-state index >= 15 is 0 Å². The number of aryl methyl sites for hydroxylation is 1. The molecular formula is C16H17BrFNO. The largest absolute Gasteiger partial charge is 0.496 e. The summed E-state index contributed by atoms with van der Waals surface area (Å²) in [4.78, 5) is 0. The maximum absolute atomic E-state index is 13.6. The molecule has 0 bridgehead atoms. The van der Waals surface area contributed by atoms with E-state index in [9.17, 15) is 4.39 Å². The summed E-state index contributed by atoms with van der Waals surface area (Å²) in [6.45, 7) is 2.03. The first-order chi connectivity index (χ1) is 9.58. The van der Waals surface area contributed by atoms with E-state index in [1.54, 1.807) is 13.2 Å². The number of nitrogens with one attached hydrogen (secondary N) is 1. The Morgan fingerprint density at radius 1 is 1.20 bits per heavy atom. The van der Waals surface area contributed by atoms with Gasteiger partial charge in [-0.05, 0) is 43.3 Å². The number of hydrogen-bond acceptors (Lipinski definition) is 2. The molecule has 0 radical (unpaired) electrons. The van der Waals surface area contributed by atoms with Crippen molar-refractivity contribution >= 4 is 15.9 Å². The summed E-state index contributed by atoms with van der Waals surface area (Å²) in [5.41, 5.74) is 2.97. The van der Waals surface area contributed by atoms with Gasteiger partial charge >= 0.3 is 0 Å². The summed E-state index contributed by atoms with van der Waals surface area (Å²) in [6, 6.07) is 10.5. The molecule has 1 unspecified atom stereocenters. The monoisotopic (exact) mass is 337 g/mol. The number of hydrogen-bond donors (Lipinski definition) is 1. The van der Waals surface area contributed by atoms with Crippen LogP contribution >= 0.6 is 15.9 Å². The van der Waals surface area contributed by atoms with E-state index in [1.807, 2.05) is 32.2 Å². The second-order valence-electron chi connectivity index (χ2n) is 4.59. The van der Waals surface area contributed by atoms with Gasteiger partial charge in [0.15, 0.2) is 0 Å². The molecule has 0 aromatic heterocycles. The second kappa shape index (κ2) is 6.37. The van der Waals surface area contributed by atoms with Gasteiger partial charge in [-0.25, -0.2) is 4.39 Å². The zero-order valence-corrected chi connectivity index (χ0v) is 13.3. The van der Waals surface area contributed by atoms with E-state index in [0.717, 1.165) is 21.2 Å². The van der Waals surface area contributed by atoms with Crippen LogP contribution in [0.3, 0.4) is 0 Å². The normalized spacial score (nSPS) is 12.2. The predicted molar refractivity (Wildman–Crippen MR) is 82.7 cm³/mol. The highest BCUT2D eigenvalue weighted by Gasteiger charge is 2.20. The summed E-state index contributed by atoms with van der Waals surface area (Å²) in [5.74, 6) is 0.393. The fourth-order valence-electron chi connectivity index (χ4n) is 2.30. The SMILES string of the molecule is CNC(c1cc(F)ccc1OC)c1cccc(C)c1Br. The van der Waals surface area contributed by atoms with Gasteiger partial charge in [0.2, 0.25) is 0 Å². The Morgan fingerprint density at radius 2 is 1.95 bits per heavy atom. The van der Waals surface area contributed by atoms with Crippen LogP contribution < -0.4 is 10.1 Å². The Hall–Kier alpha value is -1.39. The lowest BCUT2D eigenvalue weighted by molar-refractivity contribution is 0.403. The van der Waals surface area contributed by atoms with Crippen molar-refractivity contribution in [2.75, 3.05) is 14.2 Å². The van der Waals surface area contributed by atoms with Crippen molar-refractivity contribution in [2.45, 2.75) is 13.0 Å². The van der Waals surface area contributed by atoms with E-state index in [-0.39, 0.29) is 11.9 Å². The van der Waals surface area contributed by atoms with Crippen LogP contribution in [0.2, 0.25) is 0 Å². The Labute approximate surface area is 127 Å². The smallest absolute Gasteiger partial charge is 0.124 e. The molecule has 0 aliphatic carbocycles. The number of methoxy groups -OCH3 is 1. The Balaban J connectivity index is 2.58. The molecule has 0 aliphatic rings. The summed E-state index contributed by atoms with van der Waals surface area (Å²) in [6.07, 6.45) is 0. The minimum Gasteiger partial charge on any atom is -0.496 e. The molecule has 0 heterocycles. The first-order valence-electron chi connectivity index (χ1n) is 6.34. The van der Waals surface area contributed by atoms with E-state index in [2.05, 4.69) is 21.2 Å². The Morgan fingerprint density at radius 3 is 2.60 bits per heavy atom. The molecule has 2 aromatic carbocycles. The lowest BCUT2D eigenvalue weighted by atomic mass is 9.96. The minimum absolute atomic E-state index is 0.144. The van der Waals surface area contributed by atoms with Crippen LogP contribution in [0.1, 0.15) is 22.7 Å². The van der Waals surface area contributed by atoms with E-state index in [0.29, 0.717) is 5.75 Å². The number of rotatable bonds is 4. The second-order valence-corrected chi connectivity index (χ2v) is 5.38. The fraction of sp³-hybridized carbons (Fsp3) is 0.250. The minimum atomic E-state index is -0.273. The van der Waals surface area contributed by atoms with Crippen LogP contribution in [0, 0.1) is 12.7 Å². The zero-order chi connectivity index (χ0) is 14.7. The molecule has 1 N–H and O–H groups in total. The molecule has 0 spiro atoms. The molecular weight excluding hydrogens is 321 g/mol. The average molecular weight is 338 g/mol. The summed E-state index contributed by atoms with van der Waals surface area (Å²) in [5, 5.41) is 3.23. The Bertz CT molecular complexity index is 615. The standard InChI is InChI=1S/C16H17BrFNO/c1-10-5-4-6-12(15(10)17)16(19-2)13-9-11(18)7-8-14(13)20-3/h4-9,16,19H,1-3H3. The molecule has 106 valence electrons. The topological polar surface area (TPSA) is 21.3 Å². The van der Waals surface area contributed by atoms with E-state index in [1.165, 1.54) is 12.1 Å². The maximum Gasteiger partial charge on any atom is 0.124 e. The highest BCUT2D eigenvalue weighted by molar-refractivity contribution is 9.10. The molecule has 0 fully saturated rings. The van der Waals surface area contributed by atoms with Crippen molar-refractivity contribution in [3.05, 3.63) is 63.4 Å². The van der Waals surface area contributed by atoms with Crippen molar-refractivity contribution in [3.8, 4) is 5.75 Å². The molecule has 1 atom stereocenters. The highest BCUT2D eigenvalue weighted by Crippen LogP contribution is 2.35. The molecule has 4 heteroatoms. The summed E-state index contributed by atoms with van der Waals surface area (Å²) >= 11 is 3.61. The van der Waals surface area contributed by atoms with Gasteiger partial charge in [0.05, 0.1) is 13.2 Å². The van der Waals surface area contributed by atoms with Crippen molar-refractivity contribution < 1.29 is 9.13 Å². The van der Waals surface area contributed by atoms with Gasteiger partial charge < -0.3 is 10.1 Å². The average Bonchev–Trinajstić information content (AvgIpc) is 2.44. The van der Waals surface area contributed by atoms with Gasteiger partial charge in [0, 0.05) is 10.0 Å². The predicted octanol–water partition coefficient (Wildman–Crippen LogP) is 4.21. The van der Waals surface area contributed by atoms with Crippen molar-refractivity contribution in [1.82, 2.24) is 5.32 Å². The van der Waals surface area contributed by atoms with Crippen LogP contribution in [0.25, 0.3) is 0 Å². The Kier molecular flexibility index (Phi) is 4.78. The third-order valence-corrected chi connectivity index (χ3v) is 4.41. The summed E-state index contributed by atoms with van der Waals surface area (Å²) in [7, 11) is 3.44. The molecule has 2 nitrogen and oxygen atoms in total. The van der Waals surface area contributed by atoms with Crippen LogP contribution in [0.4, 0.5) is 4.39 Å². The molecule has 0 saturated heterocycles. The van der Waals surface area contributed by atoms with E-state index < -0.39 is 0 Å². The van der Waals surface area contributed by atoms with Gasteiger partial charge in [-0.1, -0.05) is 34.1 Å². The van der Waals surface area contributed by atoms with Crippen LogP contribution in [-0.4, -0.2) is 14.2 Å². The molecule has 0 amide bonds. The fourth-order valence-corrected chi connectivity index (χ4v) is 2.80. The molecule has 0 saturated carbocycles. The van der Waals surface area contributed by atoms with Crippen LogP contribution in [-0.2, 0) is 0 Å². The molecule has 20 heavy (non-hydrogen) atoms. The number of ether oxygens (including phenoxy) is 1. The van der Waals surface area contributed by atoms with Gasteiger partial charge in [0.1, 0.15) is 11.6 Å². The van der Waals surface area contributed by atoms with Crippen LogP contribution in [0.15, 0.2) is 40.9 Å². The van der Waals surface area contributed by atoms with Gasteiger partial charge in [0.25, 0.3) is 0 Å². The lowest BCUT2D eigenvalue weighted by Gasteiger charge is -2.22. The third-order valence-electron chi connectivity index (χ3n) is 3.32. The zero-order valence-electron chi connectivity index (χ0n) is 11.7. The van der Waals surface area contributed by atoms with Crippen molar-refractivity contribution in [1.29, 1.82) is 0 Å². The third kappa shape index (κ3) is 2.86. The quantitative estimate of drug-likeness (QED) is 0.902. The molecule has 2 rings (SSSR count). The van der Waals surface area contributed by atoms with Gasteiger partial charge in [-0.2, -0.15) is 0 Å². The van der Waals surface area contributed by atoms with Crippen LogP contribution in [0.5, 0.6) is 5.75 Å². The van der Waals surface area contributed by atoms with Crippen molar-refractivity contribution in [3.63, 3.8) is 0 Å². The van der Waals surface area contributed by atoms with Gasteiger partial charge in [-0.3, -0.25) is 0 Å².